The van der Waals surface area contributed by atoms with Gasteiger partial charge in [-0.2, -0.15) is 0 Å². The van der Waals surface area contributed by atoms with E-state index in [1.54, 1.807) is 0 Å². The van der Waals surface area contributed by atoms with Crippen molar-refractivity contribution in [2.24, 2.45) is 11.7 Å². The van der Waals surface area contributed by atoms with Crippen LogP contribution in [0.4, 0.5) is 0 Å². The average molecular weight is 312 g/mol. The molecule has 0 unspecified atom stereocenters. The van der Waals surface area contributed by atoms with Crippen LogP contribution < -0.4 is 11.1 Å². The minimum absolute atomic E-state index is 0. The Labute approximate surface area is 128 Å². The molecule has 2 rings (SSSR count). The largest absolute Gasteiger partial charge is 0.353 e. The van der Waals surface area contributed by atoms with Crippen LogP contribution in [0.3, 0.4) is 0 Å². The van der Waals surface area contributed by atoms with E-state index in [0.29, 0.717) is 0 Å². The highest BCUT2D eigenvalue weighted by Crippen LogP contribution is 2.28. The minimum atomic E-state index is -0.545. The van der Waals surface area contributed by atoms with Gasteiger partial charge in [0.15, 0.2) is 0 Å². The second kappa shape index (κ2) is 8.30. The van der Waals surface area contributed by atoms with Crippen LogP contribution in [0.15, 0.2) is 0 Å². The molecule has 0 aromatic carbocycles. The van der Waals surface area contributed by atoms with Crippen molar-refractivity contribution in [1.29, 1.82) is 0 Å². The molecule has 1 aliphatic heterocycles. The maximum absolute atomic E-state index is 11.8. The molecule has 4 nitrogen and oxygen atoms in total. The molecule has 3 N–H and O–H groups in total. The van der Waals surface area contributed by atoms with Gasteiger partial charge < -0.3 is 16.0 Å². The lowest BCUT2D eigenvalue weighted by Crippen LogP contribution is -2.59. The molecule has 0 aromatic heterocycles. The van der Waals surface area contributed by atoms with Crippen molar-refractivity contribution in [2.45, 2.75) is 44.6 Å². The summed E-state index contributed by atoms with van der Waals surface area (Å²) in [7, 11) is 0. The lowest BCUT2D eigenvalue weighted by atomic mass is 9.77. The Hall–Kier alpha value is -0.0300. The van der Waals surface area contributed by atoms with E-state index in [4.69, 9.17) is 5.73 Å². The van der Waals surface area contributed by atoms with Crippen LogP contribution in [0.5, 0.6) is 0 Å². The van der Waals surface area contributed by atoms with Crippen LogP contribution in [0.1, 0.15) is 39.0 Å². The van der Waals surface area contributed by atoms with Crippen molar-refractivity contribution < 1.29 is 4.79 Å². The van der Waals surface area contributed by atoms with Crippen LogP contribution in [-0.4, -0.2) is 42.5 Å². The summed E-state index contributed by atoms with van der Waals surface area (Å²) in [6.07, 6.45) is 5.36. The highest BCUT2D eigenvalue weighted by Gasteiger charge is 2.39. The van der Waals surface area contributed by atoms with Crippen LogP contribution >= 0.6 is 24.8 Å². The number of nitrogens with two attached hydrogens (primary N) is 1. The molecule has 2 fully saturated rings. The Morgan fingerprint density at radius 2 is 1.89 bits per heavy atom. The predicted molar refractivity (Wildman–Crippen MR) is 83.1 cm³/mol. The van der Waals surface area contributed by atoms with E-state index < -0.39 is 5.54 Å². The third-order valence-corrected chi connectivity index (χ3v) is 4.29. The van der Waals surface area contributed by atoms with Crippen molar-refractivity contribution >= 4 is 30.7 Å². The summed E-state index contributed by atoms with van der Waals surface area (Å²) in [4.78, 5) is 14.2. The van der Waals surface area contributed by atoms with Crippen molar-refractivity contribution in [3.05, 3.63) is 0 Å². The molecule has 19 heavy (non-hydrogen) atoms. The quantitative estimate of drug-likeness (QED) is 0.828. The van der Waals surface area contributed by atoms with Gasteiger partial charge in [-0.05, 0) is 51.1 Å². The number of carbonyl (C=O) groups excluding carboxylic acids is 1. The topological polar surface area (TPSA) is 58.4 Å². The lowest BCUT2D eigenvalue weighted by molar-refractivity contribution is -0.129. The molecule has 2 aliphatic rings. The third-order valence-electron chi connectivity index (χ3n) is 4.29. The van der Waals surface area contributed by atoms with Gasteiger partial charge in [-0.15, -0.1) is 24.8 Å². The number of hydrogen-bond donors (Lipinski definition) is 2. The Morgan fingerprint density at radius 1 is 1.32 bits per heavy atom. The van der Waals surface area contributed by atoms with Crippen molar-refractivity contribution in [3.8, 4) is 0 Å². The normalized spacial score (nSPS) is 22.6. The second-order valence-corrected chi connectivity index (χ2v) is 5.79. The third kappa shape index (κ3) is 5.10. The highest BCUT2D eigenvalue weighted by atomic mass is 35.5. The first-order chi connectivity index (χ1) is 8.10. The molecule has 1 heterocycles. The molecule has 114 valence electrons. The molecule has 1 saturated heterocycles. The van der Waals surface area contributed by atoms with Gasteiger partial charge in [-0.1, -0.05) is 6.92 Å². The number of nitrogens with zero attached hydrogens (tertiary/aromatic N) is 1. The molecule has 0 atom stereocenters. The van der Waals surface area contributed by atoms with Gasteiger partial charge in [-0.25, -0.2) is 0 Å². The molecule has 0 aromatic rings. The number of rotatable bonds is 4. The number of piperidine rings is 1. The first kappa shape index (κ1) is 19.0. The first-order valence-electron chi connectivity index (χ1n) is 6.90. The van der Waals surface area contributed by atoms with Crippen LogP contribution in [0, 0.1) is 5.92 Å². The summed E-state index contributed by atoms with van der Waals surface area (Å²) in [6, 6.07) is 0. The zero-order valence-corrected chi connectivity index (χ0v) is 13.3. The summed E-state index contributed by atoms with van der Waals surface area (Å²) in [6.45, 7) is 6.37. The van der Waals surface area contributed by atoms with Gasteiger partial charge in [0.2, 0.25) is 5.91 Å². The summed E-state index contributed by atoms with van der Waals surface area (Å²) in [5.74, 6) is 0.914. The molecular formula is C13H27Cl2N3O. The number of carbonyl (C=O) groups is 1. The maximum atomic E-state index is 11.8. The number of nitrogens with one attached hydrogen (secondary N) is 1. The fraction of sp³-hybridized carbons (Fsp3) is 0.923. The molecule has 1 saturated carbocycles. The molecule has 0 spiro atoms. The number of hydrogen-bond acceptors (Lipinski definition) is 3. The highest BCUT2D eigenvalue weighted by molar-refractivity contribution is 5.87. The summed E-state index contributed by atoms with van der Waals surface area (Å²) in [5.41, 5.74) is 5.41. The number of amides is 1. The lowest BCUT2D eigenvalue weighted by Gasteiger charge is -2.36. The zero-order chi connectivity index (χ0) is 12.3. The van der Waals surface area contributed by atoms with E-state index in [1.807, 2.05) is 0 Å². The van der Waals surface area contributed by atoms with Crippen LogP contribution in [0.25, 0.3) is 0 Å². The zero-order valence-electron chi connectivity index (χ0n) is 11.7. The van der Waals surface area contributed by atoms with Gasteiger partial charge >= 0.3 is 0 Å². The van der Waals surface area contributed by atoms with Gasteiger partial charge in [0.05, 0.1) is 5.54 Å². The monoisotopic (exact) mass is 311 g/mol. The Morgan fingerprint density at radius 3 is 2.37 bits per heavy atom. The Bertz CT molecular complexity index is 277. The van der Waals surface area contributed by atoms with Gasteiger partial charge in [0.1, 0.15) is 0 Å². The van der Waals surface area contributed by atoms with Crippen molar-refractivity contribution in [1.82, 2.24) is 10.2 Å². The van der Waals surface area contributed by atoms with Gasteiger partial charge in [-0.3, -0.25) is 4.79 Å². The summed E-state index contributed by atoms with van der Waals surface area (Å²) in [5, 5.41) is 2.98. The summed E-state index contributed by atoms with van der Waals surface area (Å²) >= 11 is 0. The summed E-state index contributed by atoms with van der Waals surface area (Å²) < 4.78 is 0. The molecule has 1 amide bonds. The van der Waals surface area contributed by atoms with Crippen molar-refractivity contribution in [3.63, 3.8) is 0 Å². The Kier molecular flexibility index (Phi) is 8.29. The Balaban J connectivity index is 0.00000162. The van der Waals surface area contributed by atoms with E-state index in [0.717, 1.165) is 38.3 Å². The molecule has 0 radical (unpaired) electrons. The molecule has 6 heteroatoms. The van der Waals surface area contributed by atoms with Gasteiger partial charge in [0.25, 0.3) is 0 Å². The molecule has 1 aliphatic carbocycles. The van der Waals surface area contributed by atoms with E-state index in [9.17, 15) is 4.79 Å². The van der Waals surface area contributed by atoms with E-state index >= 15 is 0 Å². The number of likely N-dealkylation sites (tertiary alicyclic amines) is 1. The smallest absolute Gasteiger partial charge is 0.240 e. The van der Waals surface area contributed by atoms with E-state index in [1.165, 1.54) is 25.9 Å². The van der Waals surface area contributed by atoms with Crippen LogP contribution in [0.2, 0.25) is 0 Å². The average Bonchev–Trinajstić information content (AvgIpc) is 2.28. The second-order valence-electron chi connectivity index (χ2n) is 5.79. The predicted octanol–water partition coefficient (Wildman–Crippen LogP) is 1.56. The molecular weight excluding hydrogens is 285 g/mol. The van der Waals surface area contributed by atoms with E-state index in [-0.39, 0.29) is 30.7 Å². The standard InChI is InChI=1S/C13H25N3O.2ClH/c1-11-3-8-16(9-4-11)10-7-15-12(17)13(14)5-2-6-13;;/h11H,2-10,14H2,1H3,(H,15,17);2*1H. The van der Waals surface area contributed by atoms with Gasteiger partial charge in [0, 0.05) is 13.1 Å². The SMILES string of the molecule is CC1CCN(CCNC(=O)C2(N)CCC2)CC1.Cl.Cl. The minimum Gasteiger partial charge on any atom is -0.353 e. The maximum Gasteiger partial charge on any atom is 0.240 e. The fourth-order valence-electron chi connectivity index (χ4n) is 2.57. The molecule has 0 bridgehead atoms. The number of halogens is 2. The van der Waals surface area contributed by atoms with E-state index in [2.05, 4.69) is 17.1 Å². The fourth-order valence-corrected chi connectivity index (χ4v) is 2.57. The van der Waals surface area contributed by atoms with Crippen LogP contribution in [-0.2, 0) is 4.79 Å². The van der Waals surface area contributed by atoms with Crippen molar-refractivity contribution in [2.75, 3.05) is 26.2 Å². The first-order valence-corrected chi connectivity index (χ1v) is 6.90.